The first-order valence-corrected chi connectivity index (χ1v) is 12.7. The minimum atomic E-state index is -3.20. The maximum Gasteiger partial charge on any atom is 0.211 e. The van der Waals surface area contributed by atoms with Gasteiger partial charge < -0.3 is 4.90 Å². The third kappa shape index (κ3) is 4.57. The molecule has 1 aliphatic heterocycles. The molecule has 0 spiro atoms. The van der Waals surface area contributed by atoms with Crippen LogP contribution in [-0.2, 0) is 16.4 Å². The Morgan fingerprint density at radius 3 is 2.52 bits per heavy atom. The molecule has 3 heterocycles. The van der Waals surface area contributed by atoms with Crippen LogP contribution >= 0.6 is 0 Å². The first-order chi connectivity index (χ1) is 14.9. The number of anilines is 1. The molecule has 0 unspecified atom stereocenters. The van der Waals surface area contributed by atoms with Gasteiger partial charge in [0.2, 0.25) is 10.0 Å². The van der Waals surface area contributed by atoms with Gasteiger partial charge in [0, 0.05) is 32.6 Å². The summed E-state index contributed by atoms with van der Waals surface area (Å²) in [5, 5.41) is 5.74. The summed E-state index contributed by atoms with van der Waals surface area (Å²) in [6, 6.07) is 10.0. The second-order valence-electron chi connectivity index (χ2n) is 8.10. The number of aryl methyl sites for hydroxylation is 2. The van der Waals surface area contributed by atoms with Gasteiger partial charge in [-0.15, -0.1) is 0 Å². The van der Waals surface area contributed by atoms with Gasteiger partial charge in [-0.3, -0.25) is 0 Å². The molecule has 1 aliphatic rings. The number of fused-ring (bicyclic) bond motifs is 1. The predicted molar refractivity (Wildman–Crippen MR) is 123 cm³/mol. The standard InChI is InChI=1S/C22H30N6O2S/c1-4-5-12-19-23-21(26-13-9-14-27(16-15-26)31(3,29)30)20-17(2)25-28(22(20)24-19)18-10-7-6-8-11-18/h6-8,10-11H,4-5,9,12-16H2,1-3H3. The molecule has 166 valence electrons. The molecule has 0 atom stereocenters. The highest BCUT2D eigenvalue weighted by atomic mass is 32.2. The van der Waals surface area contributed by atoms with Crippen molar-refractivity contribution in [2.45, 2.75) is 39.5 Å². The Morgan fingerprint density at radius 1 is 1.03 bits per heavy atom. The Kier molecular flexibility index (Phi) is 6.24. The molecule has 1 aromatic carbocycles. The fraction of sp³-hybridized carbons (Fsp3) is 0.500. The van der Waals surface area contributed by atoms with Gasteiger partial charge in [0.05, 0.1) is 23.0 Å². The summed E-state index contributed by atoms with van der Waals surface area (Å²) < 4.78 is 27.6. The number of sulfonamides is 1. The molecule has 9 heteroatoms. The Morgan fingerprint density at radius 2 is 1.81 bits per heavy atom. The Labute approximate surface area is 184 Å². The van der Waals surface area contributed by atoms with E-state index < -0.39 is 10.0 Å². The van der Waals surface area contributed by atoms with Crippen LogP contribution in [0.2, 0.25) is 0 Å². The second-order valence-corrected chi connectivity index (χ2v) is 10.1. The Hall–Kier alpha value is -2.52. The maximum atomic E-state index is 12.0. The molecule has 31 heavy (non-hydrogen) atoms. The monoisotopic (exact) mass is 442 g/mol. The van der Waals surface area contributed by atoms with Gasteiger partial charge in [0.1, 0.15) is 11.6 Å². The summed E-state index contributed by atoms with van der Waals surface area (Å²) in [5.74, 6) is 1.68. The van der Waals surface area contributed by atoms with E-state index in [4.69, 9.17) is 15.1 Å². The number of nitrogens with zero attached hydrogens (tertiary/aromatic N) is 6. The summed E-state index contributed by atoms with van der Waals surface area (Å²) in [4.78, 5) is 12.1. The van der Waals surface area contributed by atoms with Gasteiger partial charge in [0.15, 0.2) is 5.65 Å². The van der Waals surface area contributed by atoms with E-state index in [1.807, 2.05) is 41.9 Å². The minimum absolute atomic E-state index is 0.459. The maximum absolute atomic E-state index is 12.0. The van der Waals surface area contributed by atoms with E-state index in [1.54, 1.807) is 4.31 Å². The summed E-state index contributed by atoms with van der Waals surface area (Å²) in [7, 11) is -3.20. The lowest BCUT2D eigenvalue weighted by Crippen LogP contribution is -2.34. The molecule has 0 aliphatic carbocycles. The van der Waals surface area contributed by atoms with E-state index in [0.717, 1.165) is 66.3 Å². The number of benzene rings is 1. The zero-order valence-electron chi connectivity index (χ0n) is 18.5. The van der Waals surface area contributed by atoms with E-state index in [1.165, 1.54) is 6.26 Å². The van der Waals surface area contributed by atoms with Crippen LogP contribution in [-0.4, -0.2) is 64.9 Å². The van der Waals surface area contributed by atoms with Crippen molar-refractivity contribution >= 4 is 26.9 Å². The van der Waals surface area contributed by atoms with Crippen molar-refractivity contribution in [2.24, 2.45) is 0 Å². The van der Waals surface area contributed by atoms with Crippen LogP contribution in [0.1, 0.15) is 37.7 Å². The molecule has 3 aromatic rings. The van der Waals surface area contributed by atoms with Crippen molar-refractivity contribution in [2.75, 3.05) is 37.3 Å². The van der Waals surface area contributed by atoms with Crippen LogP contribution in [0.3, 0.4) is 0 Å². The van der Waals surface area contributed by atoms with Gasteiger partial charge in [-0.2, -0.15) is 5.10 Å². The van der Waals surface area contributed by atoms with Crippen LogP contribution in [0, 0.1) is 6.92 Å². The summed E-state index contributed by atoms with van der Waals surface area (Å²) in [5.41, 5.74) is 2.65. The second kappa shape index (κ2) is 8.92. The van der Waals surface area contributed by atoms with E-state index >= 15 is 0 Å². The molecule has 0 bridgehead atoms. The van der Waals surface area contributed by atoms with Crippen molar-refractivity contribution in [3.05, 3.63) is 41.9 Å². The average molecular weight is 443 g/mol. The minimum Gasteiger partial charge on any atom is -0.355 e. The number of unbranched alkanes of at least 4 members (excludes halogenated alkanes) is 1. The van der Waals surface area contributed by atoms with Crippen LogP contribution in [0.5, 0.6) is 0 Å². The summed E-state index contributed by atoms with van der Waals surface area (Å²) in [6.45, 7) is 6.49. The highest BCUT2D eigenvalue weighted by molar-refractivity contribution is 7.88. The fourth-order valence-electron chi connectivity index (χ4n) is 4.07. The summed E-state index contributed by atoms with van der Waals surface area (Å²) in [6.07, 6.45) is 4.94. The van der Waals surface area contributed by atoms with E-state index in [9.17, 15) is 8.42 Å². The molecule has 2 aromatic heterocycles. The third-order valence-electron chi connectivity index (χ3n) is 5.71. The predicted octanol–water partition coefficient (Wildman–Crippen LogP) is 2.94. The van der Waals surface area contributed by atoms with Gasteiger partial charge in [-0.25, -0.2) is 27.4 Å². The van der Waals surface area contributed by atoms with Gasteiger partial charge >= 0.3 is 0 Å². The van der Waals surface area contributed by atoms with Crippen LogP contribution in [0.15, 0.2) is 30.3 Å². The van der Waals surface area contributed by atoms with Crippen molar-refractivity contribution in [1.29, 1.82) is 0 Å². The van der Waals surface area contributed by atoms with Crippen molar-refractivity contribution < 1.29 is 8.42 Å². The van der Waals surface area contributed by atoms with E-state index in [2.05, 4.69) is 11.8 Å². The number of hydrogen-bond acceptors (Lipinski definition) is 6. The molecule has 1 fully saturated rings. The largest absolute Gasteiger partial charge is 0.355 e. The van der Waals surface area contributed by atoms with Crippen molar-refractivity contribution in [1.82, 2.24) is 24.1 Å². The molecule has 8 nitrogen and oxygen atoms in total. The number of aromatic nitrogens is 4. The highest BCUT2D eigenvalue weighted by Crippen LogP contribution is 2.30. The molecular weight excluding hydrogens is 412 g/mol. The third-order valence-corrected chi connectivity index (χ3v) is 7.01. The lowest BCUT2D eigenvalue weighted by molar-refractivity contribution is 0.437. The van der Waals surface area contributed by atoms with Gasteiger partial charge in [0.25, 0.3) is 0 Å². The lowest BCUT2D eigenvalue weighted by Gasteiger charge is -2.23. The molecule has 0 amide bonds. The molecule has 0 N–H and O–H groups in total. The first-order valence-electron chi connectivity index (χ1n) is 10.9. The van der Waals surface area contributed by atoms with Gasteiger partial charge in [-0.1, -0.05) is 31.5 Å². The molecule has 0 saturated carbocycles. The summed E-state index contributed by atoms with van der Waals surface area (Å²) >= 11 is 0. The van der Waals surface area contributed by atoms with E-state index in [0.29, 0.717) is 19.6 Å². The van der Waals surface area contributed by atoms with Gasteiger partial charge in [-0.05, 0) is 31.9 Å². The zero-order chi connectivity index (χ0) is 22.0. The number of hydrogen-bond donors (Lipinski definition) is 0. The van der Waals surface area contributed by atoms with Crippen molar-refractivity contribution in [3.63, 3.8) is 0 Å². The zero-order valence-corrected chi connectivity index (χ0v) is 19.3. The normalized spacial score (nSPS) is 16.0. The number of para-hydroxylation sites is 1. The molecular formula is C22H30N6O2S. The molecule has 0 radical (unpaired) electrons. The van der Waals surface area contributed by atoms with E-state index in [-0.39, 0.29) is 0 Å². The Balaban J connectivity index is 1.81. The first kappa shape index (κ1) is 21.7. The smallest absolute Gasteiger partial charge is 0.211 e. The van der Waals surface area contributed by atoms with Crippen LogP contribution in [0.4, 0.5) is 5.82 Å². The molecule has 4 rings (SSSR count). The van der Waals surface area contributed by atoms with Crippen LogP contribution in [0.25, 0.3) is 16.7 Å². The fourth-order valence-corrected chi connectivity index (χ4v) is 4.94. The average Bonchev–Trinajstić information content (AvgIpc) is 2.92. The lowest BCUT2D eigenvalue weighted by atomic mass is 10.2. The quantitative estimate of drug-likeness (QED) is 0.584. The Bertz CT molecular complexity index is 1160. The van der Waals surface area contributed by atoms with Crippen molar-refractivity contribution in [3.8, 4) is 5.69 Å². The SMILES string of the molecule is CCCCc1nc(N2CCCN(S(C)(=O)=O)CC2)c2c(C)nn(-c3ccccc3)c2n1. The van der Waals surface area contributed by atoms with Crippen LogP contribution < -0.4 is 4.90 Å². The highest BCUT2D eigenvalue weighted by Gasteiger charge is 2.26. The topological polar surface area (TPSA) is 84.2 Å². The molecule has 1 saturated heterocycles. The number of rotatable bonds is 6.